The van der Waals surface area contributed by atoms with Crippen LogP contribution in [-0.4, -0.2) is 13.1 Å². The average Bonchev–Trinajstić information content (AvgIpc) is 2.79. The summed E-state index contributed by atoms with van der Waals surface area (Å²) >= 11 is 1.95. The van der Waals surface area contributed by atoms with Crippen LogP contribution in [-0.2, 0) is 6.42 Å². The minimum Gasteiger partial charge on any atom is -0.316 e. The van der Waals surface area contributed by atoms with E-state index in [-0.39, 0.29) is 0 Å². The smallest absolute Gasteiger partial charge is 0.0159 e. The molecule has 0 fully saturated rings. The van der Waals surface area contributed by atoms with Crippen molar-refractivity contribution in [3.63, 3.8) is 0 Å². The van der Waals surface area contributed by atoms with Crippen molar-refractivity contribution < 1.29 is 0 Å². The Morgan fingerprint density at radius 1 is 1.53 bits per heavy atom. The lowest BCUT2D eigenvalue weighted by Crippen LogP contribution is -2.39. The Morgan fingerprint density at radius 3 is 3.06 bits per heavy atom. The minimum atomic E-state index is 0.656. The summed E-state index contributed by atoms with van der Waals surface area (Å²) in [5, 5.41) is 5.87. The van der Waals surface area contributed by atoms with Crippen molar-refractivity contribution >= 4 is 11.3 Å². The topological polar surface area (TPSA) is 12.0 Å². The number of rotatable bonds is 5. The molecule has 96 valence electrons. The molecule has 0 radical (unpaired) electrons. The van der Waals surface area contributed by atoms with E-state index in [1.54, 1.807) is 10.4 Å². The fourth-order valence-electron chi connectivity index (χ4n) is 3.41. The lowest BCUT2D eigenvalue weighted by atomic mass is 9.77. The molecule has 1 aromatic rings. The molecule has 1 heterocycles. The first-order chi connectivity index (χ1) is 8.27. The van der Waals surface area contributed by atoms with Crippen molar-refractivity contribution in [2.45, 2.75) is 57.9 Å². The average molecular weight is 251 g/mol. The third kappa shape index (κ3) is 2.74. The van der Waals surface area contributed by atoms with Crippen LogP contribution in [0.15, 0.2) is 11.4 Å². The van der Waals surface area contributed by atoms with E-state index in [9.17, 15) is 0 Å². The second-order valence-electron chi connectivity index (χ2n) is 5.38. The van der Waals surface area contributed by atoms with Gasteiger partial charge in [0.25, 0.3) is 0 Å². The van der Waals surface area contributed by atoms with Crippen LogP contribution in [0.3, 0.4) is 0 Å². The molecule has 0 spiro atoms. The van der Waals surface area contributed by atoms with Crippen LogP contribution in [0, 0.1) is 5.92 Å². The van der Waals surface area contributed by atoms with Gasteiger partial charge in [-0.3, -0.25) is 0 Å². The molecule has 1 aliphatic carbocycles. The van der Waals surface area contributed by atoms with Crippen molar-refractivity contribution in [3.05, 3.63) is 21.9 Å². The van der Waals surface area contributed by atoms with E-state index in [2.05, 4.69) is 37.7 Å². The number of aryl methyl sites for hydroxylation is 1. The highest BCUT2D eigenvalue weighted by Gasteiger charge is 2.30. The molecule has 1 nitrogen and oxygen atoms in total. The third-order valence-electron chi connectivity index (χ3n) is 4.22. The Kier molecular flexibility index (Phi) is 4.63. The van der Waals surface area contributed by atoms with E-state index in [0.29, 0.717) is 6.04 Å². The Morgan fingerprint density at radius 2 is 2.35 bits per heavy atom. The van der Waals surface area contributed by atoms with Gasteiger partial charge < -0.3 is 5.32 Å². The standard InChI is InChI=1S/C15H25NS/c1-4-6-11(2)15(16-3)13-7-5-8-14-12(13)9-10-17-14/h9-11,13,15-16H,4-8H2,1-3H3. The first-order valence-corrected chi connectivity index (χ1v) is 7.89. The first-order valence-electron chi connectivity index (χ1n) is 7.01. The van der Waals surface area contributed by atoms with Gasteiger partial charge in [0, 0.05) is 16.8 Å². The van der Waals surface area contributed by atoms with Crippen molar-refractivity contribution in [2.24, 2.45) is 5.92 Å². The first kappa shape index (κ1) is 13.1. The molecular formula is C15H25NS. The largest absolute Gasteiger partial charge is 0.316 e. The molecule has 0 bridgehead atoms. The lowest BCUT2D eigenvalue weighted by molar-refractivity contribution is 0.304. The van der Waals surface area contributed by atoms with Gasteiger partial charge in [0.05, 0.1) is 0 Å². The SMILES string of the molecule is CCCC(C)C(NC)C1CCCc2sccc21. The molecular weight excluding hydrogens is 226 g/mol. The van der Waals surface area contributed by atoms with Gasteiger partial charge in [-0.2, -0.15) is 0 Å². The second-order valence-corrected chi connectivity index (χ2v) is 6.38. The van der Waals surface area contributed by atoms with E-state index >= 15 is 0 Å². The summed E-state index contributed by atoms with van der Waals surface area (Å²) in [5.41, 5.74) is 1.64. The Balaban J connectivity index is 2.16. The quantitative estimate of drug-likeness (QED) is 0.827. The summed E-state index contributed by atoms with van der Waals surface area (Å²) in [5.74, 6) is 1.53. The van der Waals surface area contributed by atoms with Crippen LogP contribution in [0.1, 0.15) is 55.9 Å². The molecule has 3 unspecified atom stereocenters. The monoisotopic (exact) mass is 251 g/mol. The van der Waals surface area contributed by atoms with Crippen LogP contribution in [0.2, 0.25) is 0 Å². The molecule has 0 aliphatic heterocycles. The molecule has 1 aromatic heterocycles. The van der Waals surface area contributed by atoms with Gasteiger partial charge in [-0.25, -0.2) is 0 Å². The summed E-state index contributed by atoms with van der Waals surface area (Å²) in [7, 11) is 2.14. The van der Waals surface area contributed by atoms with Gasteiger partial charge in [-0.1, -0.05) is 20.3 Å². The predicted molar refractivity (Wildman–Crippen MR) is 76.9 cm³/mol. The molecule has 2 heteroatoms. The van der Waals surface area contributed by atoms with E-state index < -0.39 is 0 Å². The van der Waals surface area contributed by atoms with E-state index in [4.69, 9.17) is 0 Å². The maximum atomic E-state index is 3.59. The molecule has 0 saturated heterocycles. The van der Waals surface area contributed by atoms with E-state index in [1.807, 2.05) is 11.3 Å². The van der Waals surface area contributed by atoms with Crippen LogP contribution in [0.4, 0.5) is 0 Å². The molecule has 17 heavy (non-hydrogen) atoms. The zero-order chi connectivity index (χ0) is 12.3. The molecule has 2 rings (SSSR count). The van der Waals surface area contributed by atoms with Gasteiger partial charge >= 0.3 is 0 Å². The zero-order valence-corrected chi connectivity index (χ0v) is 12.1. The Hall–Kier alpha value is -0.340. The van der Waals surface area contributed by atoms with Gasteiger partial charge in [-0.05, 0) is 55.7 Å². The summed E-state index contributed by atoms with van der Waals surface area (Å²) in [6.07, 6.45) is 6.67. The Bertz CT molecular complexity index is 344. The number of likely N-dealkylation sites (N-methyl/N-ethyl adjacent to an activating group) is 1. The van der Waals surface area contributed by atoms with Crippen molar-refractivity contribution in [3.8, 4) is 0 Å². The van der Waals surface area contributed by atoms with Crippen LogP contribution < -0.4 is 5.32 Å². The maximum absolute atomic E-state index is 3.59. The highest BCUT2D eigenvalue weighted by molar-refractivity contribution is 7.10. The van der Waals surface area contributed by atoms with Crippen molar-refractivity contribution in [1.29, 1.82) is 0 Å². The van der Waals surface area contributed by atoms with Crippen LogP contribution in [0.5, 0.6) is 0 Å². The number of hydrogen-bond acceptors (Lipinski definition) is 2. The number of nitrogens with one attached hydrogen (secondary N) is 1. The third-order valence-corrected chi connectivity index (χ3v) is 5.22. The normalized spacial score (nSPS) is 23.1. The lowest BCUT2D eigenvalue weighted by Gasteiger charge is -2.34. The minimum absolute atomic E-state index is 0.656. The zero-order valence-electron chi connectivity index (χ0n) is 11.3. The molecule has 3 atom stereocenters. The molecule has 1 aliphatic rings. The second kappa shape index (κ2) is 6.01. The van der Waals surface area contributed by atoms with Gasteiger partial charge in [0.15, 0.2) is 0 Å². The predicted octanol–water partition coefficient (Wildman–Crippen LogP) is 4.19. The summed E-state index contributed by atoms with van der Waals surface area (Å²) in [6, 6.07) is 3.02. The fourth-order valence-corrected chi connectivity index (χ4v) is 4.41. The number of fused-ring (bicyclic) bond motifs is 1. The molecule has 0 saturated carbocycles. The van der Waals surface area contributed by atoms with Crippen molar-refractivity contribution in [2.75, 3.05) is 7.05 Å². The van der Waals surface area contributed by atoms with E-state index in [0.717, 1.165) is 11.8 Å². The maximum Gasteiger partial charge on any atom is 0.0159 e. The van der Waals surface area contributed by atoms with Crippen LogP contribution >= 0.6 is 11.3 Å². The van der Waals surface area contributed by atoms with Gasteiger partial charge in [0.1, 0.15) is 0 Å². The highest BCUT2D eigenvalue weighted by atomic mass is 32.1. The fraction of sp³-hybridized carbons (Fsp3) is 0.733. The van der Waals surface area contributed by atoms with E-state index in [1.165, 1.54) is 32.1 Å². The molecule has 0 aromatic carbocycles. The van der Waals surface area contributed by atoms with Crippen molar-refractivity contribution in [1.82, 2.24) is 5.32 Å². The molecule has 0 amide bonds. The summed E-state index contributed by atoms with van der Waals surface area (Å²) < 4.78 is 0. The number of thiophene rings is 1. The summed E-state index contributed by atoms with van der Waals surface area (Å²) in [4.78, 5) is 1.64. The van der Waals surface area contributed by atoms with Gasteiger partial charge in [0.2, 0.25) is 0 Å². The van der Waals surface area contributed by atoms with Gasteiger partial charge in [-0.15, -0.1) is 11.3 Å². The number of hydrogen-bond donors (Lipinski definition) is 1. The summed E-state index contributed by atoms with van der Waals surface area (Å²) in [6.45, 7) is 4.70. The highest BCUT2D eigenvalue weighted by Crippen LogP contribution is 2.39. The Labute approximate surface area is 110 Å². The van der Waals surface area contributed by atoms with Crippen LogP contribution in [0.25, 0.3) is 0 Å². The molecule has 1 N–H and O–H groups in total.